The predicted molar refractivity (Wildman–Crippen MR) is 51.0 cm³/mol. The molecule has 0 amide bonds. The summed E-state index contributed by atoms with van der Waals surface area (Å²) >= 11 is 1.93. The van der Waals surface area contributed by atoms with E-state index in [2.05, 4.69) is 6.26 Å². The molecule has 0 aromatic heterocycles. The zero-order valence-corrected chi connectivity index (χ0v) is 8.06. The van der Waals surface area contributed by atoms with Gasteiger partial charge in [-0.3, -0.25) is 0 Å². The molecule has 1 nitrogen and oxygen atoms in total. The van der Waals surface area contributed by atoms with Crippen LogP contribution in [0.4, 0.5) is 0 Å². The third-order valence-corrected chi connectivity index (χ3v) is 3.20. The third kappa shape index (κ3) is 2.04. The maximum Gasteiger partial charge on any atom is -0.000151 e. The highest BCUT2D eigenvalue weighted by molar-refractivity contribution is 7.98. The van der Waals surface area contributed by atoms with Crippen molar-refractivity contribution in [1.29, 1.82) is 0 Å². The van der Waals surface area contributed by atoms with E-state index in [4.69, 9.17) is 5.73 Å². The number of hydrogen-bond acceptors (Lipinski definition) is 2. The lowest BCUT2D eigenvalue weighted by Crippen LogP contribution is -2.39. The molecule has 0 radical (unpaired) electrons. The van der Waals surface area contributed by atoms with Gasteiger partial charge in [-0.25, -0.2) is 0 Å². The molecule has 0 atom stereocenters. The molecule has 0 unspecified atom stereocenters. The molecule has 1 aliphatic carbocycles. The molecular weight excluding hydrogens is 166 g/mol. The first-order valence-corrected chi connectivity index (χ1v) is 4.91. The Kier molecular flexibility index (Phi) is 4.74. The molecule has 0 aliphatic heterocycles. The monoisotopic (exact) mass is 181 g/mol. The Bertz CT molecular complexity index is 88.1. The van der Waals surface area contributed by atoms with Crippen molar-refractivity contribution in [2.45, 2.75) is 19.3 Å². The van der Waals surface area contributed by atoms with Crippen LogP contribution in [0.15, 0.2) is 0 Å². The van der Waals surface area contributed by atoms with Crippen molar-refractivity contribution < 1.29 is 0 Å². The van der Waals surface area contributed by atoms with E-state index in [9.17, 15) is 0 Å². The van der Waals surface area contributed by atoms with Gasteiger partial charge in [-0.05, 0) is 36.8 Å². The fraction of sp³-hybridized carbons (Fsp3) is 1.00. The first-order chi connectivity index (χ1) is 4.33. The zero-order valence-electron chi connectivity index (χ0n) is 6.43. The van der Waals surface area contributed by atoms with E-state index in [0.717, 1.165) is 6.54 Å². The molecule has 1 fully saturated rings. The molecule has 0 heterocycles. The van der Waals surface area contributed by atoms with Crippen LogP contribution in [0.1, 0.15) is 19.3 Å². The Morgan fingerprint density at radius 1 is 1.50 bits per heavy atom. The highest BCUT2D eigenvalue weighted by atomic mass is 35.5. The number of hydrogen-bond donors (Lipinski definition) is 1. The van der Waals surface area contributed by atoms with Crippen LogP contribution < -0.4 is 5.73 Å². The van der Waals surface area contributed by atoms with Crippen molar-refractivity contribution in [3.8, 4) is 0 Å². The highest BCUT2D eigenvalue weighted by Crippen LogP contribution is 2.41. The standard InChI is InChI=1S/C7H15NS.ClH/c1-9-6-7(5-8)3-2-4-7;/h2-6,8H2,1H3;1H. The molecule has 0 aromatic rings. The molecule has 0 spiro atoms. The van der Waals surface area contributed by atoms with Crippen molar-refractivity contribution in [1.82, 2.24) is 0 Å². The second kappa shape index (κ2) is 4.47. The van der Waals surface area contributed by atoms with Crippen LogP contribution in [0.5, 0.6) is 0 Å². The molecule has 62 valence electrons. The van der Waals surface area contributed by atoms with Gasteiger partial charge in [0.05, 0.1) is 0 Å². The number of nitrogens with two attached hydrogens (primary N) is 1. The van der Waals surface area contributed by atoms with E-state index in [-0.39, 0.29) is 12.4 Å². The highest BCUT2D eigenvalue weighted by Gasteiger charge is 2.34. The lowest BCUT2D eigenvalue weighted by Gasteiger charge is -2.40. The zero-order chi connectivity index (χ0) is 6.74. The first-order valence-electron chi connectivity index (χ1n) is 3.52. The Balaban J connectivity index is 0.000000810. The molecule has 0 aromatic carbocycles. The fourth-order valence-corrected chi connectivity index (χ4v) is 2.41. The van der Waals surface area contributed by atoms with Gasteiger partial charge in [-0.15, -0.1) is 12.4 Å². The first kappa shape index (κ1) is 10.6. The van der Waals surface area contributed by atoms with Gasteiger partial charge in [0.15, 0.2) is 0 Å². The van der Waals surface area contributed by atoms with E-state index in [1.165, 1.54) is 25.0 Å². The average molecular weight is 182 g/mol. The Hall–Kier alpha value is 0.600. The number of rotatable bonds is 3. The summed E-state index contributed by atoms with van der Waals surface area (Å²) in [5.41, 5.74) is 6.20. The molecule has 1 rings (SSSR count). The maximum absolute atomic E-state index is 5.64. The van der Waals surface area contributed by atoms with Crippen LogP contribution in [0, 0.1) is 5.41 Å². The van der Waals surface area contributed by atoms with Crippen LogP contribution in [-0.4, -0.2) is 18.6 Å². The van der Waals surface area contributed by atoms with Gasteiger partial charge in [0.2, 0.25) is 0 Å². The van der Waals surface area contributed by atoms with E-state index in [1.54, 1.807) is 0 Å². The minimum atomic E-state index is 0. The minimum absolute atomic E-state index is 0. The summed E-state index contributed by atoms with van der Waals surface area (Å²) < 4.78 is 0. The largest absolute Gasteiger partial charge is 0.330 e. The molecule has 0 bridgehead atoms. The minimum Gasteiger partial charge on any atom is -0.330 e. The van der Waals surface area contributed by atoms with Crippen LogP contribution in [0.2, 0.25) is 0 Å². The Labute approximate surface area is 73.5 Å². The molecule has 10 heavy (non-hydrogen) atoms. The molecule has 0 saturated heterocycles. The quantitative estimate of drug-likeness (QED) is 0.720. The lowest BCUT2D eigenvalue weighted by atomic mass is 9.70. The van der Waals surface area contributed by atoms with Gasteiger partial charge < -0.3 is 5.73 Å². The van der Waals surface area contributed by atoms with Crippen molar-refractivity contribution in [2.75, 3.05) is 18.6 Å². The van der Waals surface area contributed by atoms with Gasteiger partial charge in [0.1, 0.15) is 0 Å². The smallest absolute Gasteiger partial charge is 0.000151 e. The summed E-state index contributed by atoms with van der Waals surface area (Å²) in [6.07, 6.45) is 6.29. The SMILES string of the molecule is CSCC1(CN)CCC1.Cl. The van der Waals surface area contributed by atoms with Crippen molar-refractivity contribution in [3.05, 3.63) is 0 Å². The summed E-state index contributed by atoms with van der Waals surface area (Å²) in [6.45, 7) is 0.897. The van der Waals surface area contributed by atoms with Gasteiger partial charge >= 0.3 is 0 Å². The third-order valence-electron chi connectivity index (χ3n) is 2.30. The molecule has 3 heteroatoms. The van der Waals surface area contributed by atoms with Crippen LogP contribution in [-0.2, 0) is 0 Å². The van der Waals surface area contributed by atoms with Crippen molar-refractivity contribution >= 4 is 24.2 Å². The summed E-state index contributed by atoms with van der Waals surface area (Å²) in [5.74, 6) is 1.27. The number of halogens is 1. The molecule has 2 N–H and O–H groups in total. The summed E-state index contributed by atoms with van der Waals surface area (Å²) in [6, 6.07) is 0. The van der Waals surface area contributed by atoms with E-state index in [0.29, 0.717) is 5.41 Å². The fourth-order valence-electron chi connectivity index (χ4n) is 1.39. The topological polar surface area (TPSA) is 26.0 Å². The normalized spacial score (nSPS) is 21.0. The van der Waals surface area contributed by atoms with Crippen LogP contribution in [0.3, 0.4) is 0 Å². The van der Waals surface area contributed by atoms with E-state index in [1.807, 2.05) is 11.8 Å². The predicted octanol–water partition coefficient (Wildman–Crippen LogP) is 1.90. The van der Waals surface area contributed by atoms with Crippen LogP contribution in [0.25, 0.3) is 0 Å². The van der Waals surface area contributed by atoms with Gasteiger partial charge in [0.25, 0.3) is 0 Å². The van der Waals surface area contributed by atoms with E-state index >= 15 is 0 Å². The maximum atomic E-state index is 5.64. The Morgan fingerprint density at radius 3 is 2.20 bits per heavy atom. The second-order valence-electron chi connectivity index (χ2n) is 2.99. The van der Waals surface area contributed by atoms with E-state index < -0.39 is 0 Å². The van der Waals surface area contributed by atoms with Gasteiger partial charge in [-0.1, -0.05) is 6.42 Å². The van der Waals surface area contributed by atoms with Crippen molar-refractivity contribution in [3.63, 3.8) is 0 Å². The van der Waals surface area contributed by atoms with Crippen LogP contribution >= 0.6 is 24.2 Å². The lowest BCUT2D eigenvalue weighted by molar-refractivity contribution is 0.180. The molecule has 1 saturated carbocycles. The second-order valence-corrected chi connectivity index (χ2v) is 3.86. The average Bonchev–Trinajstić information content (AvgIpc) is 1.79. The summed E-state index contributed by atoms with van der Waals surface area (Å²) in [4.78, 5) is 0. The van der Waals surface area contributed by atoms with Gasteiger partial charge in [0, 0.05) is 0 Å². The van der Waals surface area contributed by atoms with Gasteiger partial charge in [-0.2, -0.15) is 11.8 Å². The molecule has 1 aliphatic rings. The summed E-state index contributed by atoms with van der Waals surface area (Å²) in [7, 11) is 0. The summed E-state index contributed by atoms with van der Waals surface area (Å²) in [5, 5.41) is 0. The molecular formula is C7H16ClNS. The van der Waals surface area contributed by atoms with Crippen molar-refractivity contribution in [2.24, 2.45) is 11.1 Å². The number of thioether (sulfide) groups is 1. The Morgan fingerprint density at radius 2 is 2.10 bits per heavy atom.